The number of aromatic nitrogens is 1. The van der Waals surface area contributed by atoms with E-state index in [0.29, 0.717) is 12.0 Å². The van der Waals surface area contributed by atoms with Gasteiger partial charge in [-0.1, -0.05) is 13.3 Å². The number of hydrogen-bond acceptors (Lipinski definition) is 3. The summed E-state index contributed by atoms with van der Waals surface area (Å²) in [6.45, 7) is 7.34. The van der Waals surface area contributed by atoms with Crippen molar-refractivity contribution < 1.29 is 4.79 Å². The quantitative estimate of drug-likeness (QED) is 0.893. The Hall–Kier alpha value is -1.62. The van der Waals surface area contributed by atoms with Gasteiger partial charge < -0.3 is 15.1 Å². The molecule has 0 aliphatic carbocycles. The zero-order valence-electron chi connectivity index (χ0n) is 15.5. The fourth-order valence-electron chi connectivity index (χ4n) is 3.99. The van der Waals surface area contributed by atoms with Crippen molar-refractivity contribution in [3.05, 3.63) is 30.1 Å². The molecular weight excluding hydrogens is 312 g/mol. The molecule has 2 amide bonds. The van der Waals surface area contributed by atoms with Gasteiger partial charge in [0.2, 0.25) is 0 Å². The van der Waals surface area contributed by atoms with Gasteiger partial charge >= 0.3 is 6.03 Å². The molecule has 1 aromatic rings. The first-order valence-corrected chi connectivity index (χ1v) is 9.91. The predicted molar refractivity (Wildman–Crippen MR) is 101 cm³/mol. The van der Waals surface area contributed by atoms with Crippen LogP contribution in [0.15, 0.2) is 24.5 Å². The molecule has 138 valence electrons. The summed E-state index contributed by atoms with van der Waals surface area (Å²) in [6, 6.07) is 4.68. The van der Waals surface area contributed by atoms with Crippen LogP contribution in [0.1, 0.15) is 44.6 Å². The number of hydrogen-bond donors (Lipinski definition) is 1. The molecule has 5 nitrogen and oxygen atoms in total. The lowest BCUT2D eigenvalue weighted by Crippen LogP contribution is -2.51. The number of likely N-dealkylation sites (tertiary alicyclic amines) is 2. The minimum atomic E-state index is 0.161. The Labute approximate surface area is 151 Å². The molecule has 0 spiro atoms. The smallest absolute Gasteiger partial charge is 0.317 e. The van der Waals surface area contributed by atoms with E-state index < -0.39 is 0 Å². The highest BCUT2D eigenvalue weighted by atomic mass is 16.2. The second kappa shape index (κ2) is 9.18. The summed E-state index contributed by atoms with van der Waals surface area (Å²) in [6.07, 6.45) is 10.5. The van der Waals surface area contributed by atoms with Crippen LogP contribution in [0.5, 0.6) is 0 Å². The van der Waals surface area contributed by atoms with E-state index in [0.717, 1.165) is 58.4 Å². The van der Waals surface area contributed by atoms with E-state index in [1.165, 1.54) is 18.4 Å². The summed E-state index contributed by atoms with van der Waals surface area (Å²) in [5.74, 6) is 0.689. The molecule has 0 unspecified atom stereocenters. The Morgan fingerprint density at radius 1 is 1.20 bits per heavy atom. The molecule has 2 aliphatic rings. The third kappa shape index (κ3) is 5.43. The monoisotopic (exact) mass is 344 g/mol. The van der Waals surface area contributed by atoms with Gasteiger partial charge in [-0.05, 0) is 55.7 Å². The van der Waals surface area contributed by atoms with E-state index in [2.05, 4.69) is 34.3 Å². The summed E-state index contributed by atoms with van der Waals surface area (Å²) in [4.78, 5) is 21.1. The van der Waals surface area contributed by atoms with Crippen molar-refractivity contribution in [2.45, 2.75) is 51.5 Å². The van der Waals surface area contributed by atoms with E-state index in [-0.39, 0.29) is 6.03 Å². The molecular formula is C20H32N4O. The topological polar surface area (TPSA) is 48.5 Å². The largest absolute Gasteiger partial charge is 0.335 e. The average molecular weight is 345 g/mol. The second-order valence-corrected chi connectivity index (χ2v) is 7.53. The van der Waals surface area contributed by atoms with Crippen molar-refractivity contribution in [3.63, 3.8) is 0 Å². The first kappa shape index (κ1) is 18.2. The van der Waals surface area contributed by atoms with Gasteiger partial charge in [-0.2, -0.15) is 0 Å². The van der Waals surface area contributed by atoms with Gasteiger partial charge in [0.1, 0.15) is 0 Å². The second-order valence-electron chi connectivity index (χ2n) is 7.53. The molecule has 1 aromatic heterocycles. The van der Waals surface area contributed by atoms with Crippen molar-refractivity contribution in [1.29, 1.82) is 0 Å². The molecule has 2 fully saturated rings. The van der Waals surface area contributed by atoms with Gasteiger partial charge in [0.25, 0.3) is 0 Å². The summed E-state index contributed by atoms with van der Waals surface area (Å²) in [5.41, 5.74) is 1.35. The Bertz CT molecular complexity index is 528. The third-order valence-corrected chi connectivity index (χ3v) is 5.76. The molecule has 0 radical (unpaired) electrons. The van der Waals surface area contributed by atoms with Crippen molar-refractivity contribution in [2.24, 2.45) is 5.92 Å². The van der Waals surface area contributed by atoms with Crippen molar-refractivity contribution in [1.82, 2.24) is 20.1 Å². The highest BCUT2D eigenvalue weighted by Crippen LogP contribution is 2.19. The highest BCUT2D eigenvalue weighted by molar-refractivity contribution is 5.74. The van der Waals surface area contributed by atoms with Gasteiger partial charge in [0.15, 0.2) is 0 Å². The Morgan fingerprint density at radius 3 is 2.68 bits per heavy atom. The van der Waals surface area contributed by atoms with Crippen LogP contribution in [0.2, 0.25) is 0 Å². The maximum absolute atomic E-state index is 12.5. The molecule has 1 N–H and O–H groups in total. The number of nitrogens with one attached hydrogen (secondary N) is 1. The third-order valence-electron chi connectivity index (χ3n) is 5.76. The molecule has 2 aliphatic heterocycles. The average Bonchev–Trinajstić information content (AvgIpc) is 2.68. The molecule has 25 heavy (non-hydrogen) atoms. The Kier molecular flexibility index (Phi) is 6.68. The zero-order valence-corrected chi connectivity index (χ0v) is 15.5. The van der Waals surface area contributed by atoms with Crippen LogP contribution in [0.25, 0.3) is 0 Å². The summed E-state index contributed by atoms with van der Waals surface area (Å²) in [5, 5.41) is 3.28. The molecule has 1 atom stereocenters. The van der Waals surface area contributed by atoms with Crippen LogP contribution >= 0.6 is 0 Å². The predicted octanol–water partition coefficient (Wildman–Crippen LogP) is 2.92. The lowest BCUT2D eigenvalue weighted by Gasteiger charge is -2.36. The molecule has 0 saturated carbocycles. The Balaban J connectivity index is 1.36. The first-order chi connectivity index (χ1) is 12.2. The fraction of sp³-hybridized carbons (Fsp3) is 0.700. The summed E-state index contributed by atoms with van der Waals surface area (Å²) >= 11 is 0. The van der Waals surface area contributed by atoms with Gasteiger partial charge in [0, 0.05) is 51.2 Å². The van der Waals surface area contributed by atoms with Crippen LogP contribution < -0.4 is 5.32 Å². The maximum atomic E-state index is 12.5. The minimum Gasteiger partial charge on any atom is -0.335 e. The standard InChI is InChI=1S/C20H32N4O/c1-2-17-4-3-12-24(16-17)20(25)22-19-8-14-23(15-9-19)13-7-18-5-10-21-11-6-18/h5-6,10-11,17,19H,2-4,7-9,12-16H2,1H3,(H,22,25)/t17-/m0/s1. The van der Waals surface area contributed by atoms with E-state index in [9.17, 15) is 4.79 Å². The van der Waals surface area contributed by atoms with Gasteiger partial charge in [0.05, 0.1) is 0 Å². The number of urea groups is 1. The van der Waals surface area contributed by atoms with Gasteiger partial charge in [-0.3, -0.25) is 4.98 Å². The van der Waals surface area contributed by atoms with Crippen molar-refractivity contribution in [2.75, 3.05) is 32.7 Å². The molecule has 3 rings (SSSR count). The number of piperidine rings is 2. The van der Waals surface area contributed by atoms with Crippen LogP contribution in [0, 0.1) is 5.92 Å². The first-order valence-electron chi connectivity index (χ1n) is 9.91. The fourth-order valence-corrected chi connectivity index (χ4v) is 3.99. The minimum absolute atomic E-state index is 0.161. The van der Waals surface area contributed by atoms with Crippen LogP contribution in [-0.2, 0) is 6.42 Å². The number of rotatable bonds is 5. The van der Waals surface area contributed by atoms with Crippen molar-refractivity contribution >= 4 is 6.03 Å². The summed E-state index contributed by atoms with van der Waals surface area (Å²) in [7, 11) is 0. The van der Waals surface area contributed by atoms with E-state index in [1.54, 1.807) is 0 Å². The number of carbonyl (C=O) groups is 1. The lowest BCUT2D eigenvalue weighted by atomic mass is 9.96. The maximum Gasteiger partial charge on any atom is 0.317 e. The van der Waals surface area contributed by atoms with E-state index >= 15 is 0 Å². The zero-order chi connectivity index (χ0) is 17.5. The molecule has 0 bridgehead atoms. The van der Waals surface area contributed by atoms with Gasteiger partial charge in [-0.25, -0.2) is 4.79 Å². The molecule has 2 saturated heterocycles. The molecule has 5 heteroatoms. The van der Waals surface area contributed by atoms with Gasteiger partial charge in [-0.15, -0.1) is 0 Å². The number of amides is 2. The van der Waals surface area contributed by atoms with Crippen LogP contribution in [-0.4, -0.2) is 59.6 Å². The number of nitrogens with zero attached hydrogens (tertiary/aromatic N) is 3. The lowest BCUT2D eigenvalue weighted by molar-refractivity contribution is 0.150. The highest BCUT2D eigenvalue weighted by Gasteiger charge is 2.26. The van der Waals surface area contributed by atoms with Crippen LogP contribution in [0.4, 0.5) is 4.79 Å². The SMILES string of the molecule is CC[C@H]1CCCN(C(=O)NC2CCN(CCc3ccncc3)CC2)C1. The van der Waals surface area contributed by atoms with Crippen molar-refractivity contribution in [3.8, 4) is 0 Å². The molecule has 3 heterocycles. The molecule has 0 aromatic carbocycles. The number of pyridine rings is 1. The Morgan fingerprint density at radius 2 is 1.96 bits per heavy atom. The van der Waals surface area contributed by atoms with Crippen LogP contribution in [0.3, 0.4) is 0 Å². The summed E-state index contributed by atoms with van der Waals surface area (Å²) < 4.78 is 0. The van der Waals surface area contributed by atoms with E-state index in [4.69, 9.17) is 0 Å². The number of carbonyl (C=O) groups excluding carboxylic acids is 1. The van der Waals surface area contributed by atoms with E-state index in [1.807, 2.05) is 17.3 Å². The normalized spacial score (nSPS) is 22.8.